The quantitative estimate of drug-likeness (QED) is 0.537. The van der Waals surface area contributed by atoms with Crippen molar-refractivity contribution in [1.29, 1.82) is 0 Å². The van der Waals surface area contributed by atoms with E-state index in [-0.39, 0.29) is 5.91 Å². The fourth-order valence-corrected chi connectivity index (χ4v) is 3.82. The van der Waals surface area contributed by atoms with Gasteiger partial charge >= 0.3 is 0 Å². The molecule has 134 valence electrons. The largest absolute Gasteiger partial charge is 0.339 e. The number of carbonyl (C=O) groups is 1. The van der Waals surface area contributed by atoms with Crippen LogP contribution in [0.3, 0.4) is 0 Å². The van der Waals surface area contributed by atoms with E-state index < -0.39 is 0 Å². The van der Waals surface area contributed by atoms with Gasteiger partial charge in [-0.1, -0.05) is 26.0 Å². The second-order valence-corrected chi connectivity index (χ2v) is 8.72. The van der Waals surface area contributed by atoms with Crippen LogP contribution in [-0.2, 0) is 0 Å². The zero-order chi connectivity index (χ0) is 18.3. The molecule has 0 spiro atoms. The summed E-state index contributed by atoms with van der Waals surface area (Å²) in [6, 6.07) is 7.75. The van der Waals surface area contributed by atoms with E-state index in [2.05, 4.69) is 46.4 Å². The second kappa shape index (κ2) is 6.64. The van der Waals surface area contributed by atoms with Crippen molar-refractivity contribution in [2.75, 3.05) is 13.1 Å². The third-order valence-corrected chi connectivity index (χ3v) is 5.98. The Morgan fingerprint density at radius 1 is 1.08 bits per heavy atom. The molecule has 3 heterocycles. The zero-order valence-electron chi connectivity index (χ0n) is 14.9. The molecule has 1 aliphatic heterocycles. The summed E-state index contributed by atoms with van der Waals surface area (Å²) in [5.74, 6) is 0.125. The number of benzene rings is 1. The van der Waals surface area contributed by atoms with Gasteiger partial charge in [-0.3, -0.25) is 14.2 Å². The van der Waals surface area contributed by atoms with Gasteiger partial charge in [0.25, 0.3) is 5.91 Å². The first-order valence-corrected chi connectivity index (χ1v) is 9.89. The predicted octanol–water partition coefficient (Wildman–Crippen LogP) is 4.26. The summed E-state index contributed by atoms with van der Waals surface area (Å²) in [7, 11) is 0. The topological polar surface area (TPSA) is 50.5 Å². The molecule has 5 nitrogen and oxygen atoms in total. The number of hydrogen-bond acceptors (Lipinski definition) is 3. The minimum atomic E-state index is 0.125. The van der Waals surface area contributed by atoms with Crippen LogP contribution in [0.4, 0.5) is 0 Å². The first-order chi connectivity index (χ1) is 12.4. The van der Waals surface area contributed by atoms with Gasteiger partial charge in [-0.25, -0.2) is 4.98 Å². The highest BCUT2D eigenvalue weighted by Crippen LogP contribution is 2.30. The van der Waals surface area contributed by atoms with Crippen LogP contribution in [-0.4, -0.2) is 38.3 Å². The molecule has 0 radical (unpaired) electrons. The third kappa shape index (κ3) is 3.34. The van der Waals surface area contributed by atoms with E-state index >= 15 is 0 Å². The molecule has 4 rings (SSSR count). The van der Waals surface area contributed by atoms with Crippen LogP contribution < -0.4 is 0 Å². The molecule has 0 atom stereocenters. The summed E-state index contributed by atoms with van der Waals surface area (Å²) in [6.07, 6.45) is 7.69. The van der Waals surface area contributed by atoms with Crippen molar-refractivity contribution in [3.63, 3.8) is 0 Å². The average Bonchev–Trinajstić information content (AvgIpc) is 3.02. The molecular weight excluding hydrogens is 439 g/mol. The number of amides is 1. The first kappa shape index (κ1) is 17.5. The van der Waals surface area contributed by atoms with Crippen LogP contribution in [0.1, 0.15) is 37.0 Å². The molecule has 0 aliphatic carbocycles. The molecule has 0 saturated carbocycles. The van der Waals surface area contributed by atoms with Gasteiger partial charge in [-0.2, -0.15) is 0 Å². The van der Waals surface area contributed by atoms with Crippen molar-refractivity contribution in [3.05, 3.63) is 52.1 Å². The van der Waals surface area contributed by atoms with Crippen LogP contribution in [0.5, 0.6) is 0 Å². The Bertz CT molecular complexity index is 952. The van der Waals surface area contributed by atoms with Crippen LogP contribution in [0.25, 0.3) is 16.9 Å². The van der Waals surface area contributed by atoms with E-state index in [0.29, 0.717) is 5.41 Å². The van der Waals surface area contributed by atoms with Gasteiger partial charge in [0.1, 0.15) is 3.70 Å². The highest BCUT2D eigenvalue weighted by Gasteiger charge is 2.28. The monoisotopic (exact) mass is 460 g/mol. The van der Waals surface area contributed by atoms with Crippen molar-refractivity contribution in [1.82, 2.24) is 19.3 Å². The smallest absolute Gasteiger partial charge is 0.253 e. The van der Waals surface area contributed by atoms with Gasteiger partial charge in [-0.15, -0.1) is 0 Å². The molecule has 0 N–H and O–H groups in total. The van der Waals surface area contributed by atoms with E-state index in [1.165, 1.54) is 0 Å². The molecule has 1 saturated heterocycles. The Labute approximate surface area is 166 Å². The van der Waals surface area contributed by atoms with Crippen molar-refractivity contribution in [2.45, 2.75) is 26.7 Å². The first-order valence-electron chi connectivity index (χ1n) is 8.81. The Kier molecular flexibility index (Phi) is 4.46. The SMILES string of the molecule is CC1(C)CCN(C(=O)c2ccc(-c3cn4c(I)cnc4cn3)cc2)CC1. The van der Waals surface area contributed by atoms with Gasteiger partial charge in [0, 0.05) is 30.4 Å². The molecule has 0 bridgehead atoms. The summed E-state index contributed by atoms with van der Waals surface area (Å²) in [5, 5.41) is 0. The molecule has 6 heteroatoms. The molecule has 1 aliphatic rings. The number of carbonyl (C=O) groups excluding carboxylic acids is 1. The minimum absolute atomic E-state index is 0.125. The number of fused-ring (bicyclic) bond motifs is 1. The number of aromatic nitrogens is 3. The van der Waals surface area contributed by atoms with Crippen LogP contribution in [0.15, 0.2) is 42.9 Å². The van der Waals surface area contributed by atoms with Gasteiger partial charge in [-0.05, 0) is 53.0 Å². The summed E-state index contributed by atoms with van der Waals surface area (Å²) < 4.78 is 3.05. The molecule has 3 aromatic rings. The van der Waals surface area contributed by atoms with Crippen molar-refractivity contribution >= 4 is 34.1 Å². The van der Waals surface area contributed by atoms with E-state index in [1.54, 1.807) is 6.20 Å². The fourth-order valence-electron chi connectivity index (χ4n) is 3.29. The Balaban J connectivity index is 1.54. The predicted molar refractivity (Wildman–Crippen MR) is 110 cm³/mol. The highest BCUT2D eigenvalue weighted by atomic mass is 127. The van der Waals surface area contributed by atoms with Gasteiger partial charge < -0.3 is 4.90 Å². The molecule has 1 fully saturated rings. The summed E-state index contributed by atoms with van der Waals surface area (Å²) in [5.41, 5.74) is 3.78. The lowest BCUT2D eigenvalue weighted by atomic mass is 9.82. The van der Waals surface area contributed by atoms with Crippen molar-refractivity contribution in [3.8, 4) is 11.3 Å². The second-order valence-electron chi connectivity index (χ2n) is 7.62. The molecular formula is C20H21IN4O. The molecule has 2 aromatic heterocycles. The lowest BCUT2D eigenvalue weighted by molar-refractivity contribution is 0.0630. The molecule has 1 aromatic carbocycles. The van der Waals surface area contributed by atoms with Crippen LogP contribution in [0, 0.1) is 9.12 Å². The van der Waals surface area contributed by atoms with E-state index in [9.17, 15) is 4.79 Å². The van der Waals surface area contributed by atoms with Gasteiger partial charge in [0.05, 0.1) is 18.1 Å². The maximum atomic E-state index is 12.7. The number of likely N-dealkylation sites (tertiary alicyclic amines) is 1. The summed E-state index contributed by atoms with van der Waals surface area (Å²) >= 11 is 2.25. The van der Waals surface area contributed by atoms with E-state index in [4.69, 9.17) is 0 Å². The lowest BCUT2D eigenvalue weighted by Gasteiger charge is -2.37. The van der Waals surface area contributed by atoms with Crippen LogP contribution >= 0.6 is 22.6 Å². The Morgan fingerprint density at radius 2 is 1.77 bits per heavy atom. The summed E-state index contributed by atoms with van der Waals surface area (Å²) in [4.78, 5) is 23.5. The van der Waals surface area contributed by atoms with E-state index in [1.807, 2.05) is 46.0 Å². The maximum Gasteiger partial charge on any atom is 0.253 e. The van der Waals surface area contributed by atoms with Crippen molar-refractivity contribution in [2.24, 2.45) is 5.41 Å². The van der Waals surface area contributed by atoms with E-state index in [0.717, 1.165) is 52.1 Å². The van der Waals surface area contributed by atoms with Crippen LogP contribution in [0.2, 0.25) is 0 Å². The third-order valence-electron chi connectivity index (χ3n) is 5.18. The molecule has 26 heavy (non-hydrogen) atoms. The number of nitrogens with zero attached hydrogens (tertiary/aromatic N) is 4. The number of halogens is 1. The number of hydrogen-bond donors (Lipinski definition) is 0. The summed E-state index contributed by atoms with van der Waals surface area (Å²) in [6.45, 7) is 6.22. The normalized spacial score (nSPS) is 16.8. The highest BCUT2D eigenvalue weighted by molar-refractivity contribution is 14.1. The van der Waals surface area contributed by atoms with Gasteiger partial charge in [0.15, 0.2) is 5.65 Å². The standard InChI is InChI=1S/C20H21IN4O/c1-20(2)7-9-24(10-8-20)19(26)15-5-3-14(4-6-15)16-13-25-17(21)11-23-18(25)12-22-16/h3-6,11-13H,7-10H2,1-2H3. The molecule has 0 unspecified atom stereocenters. The lowest BCUT2D eigenvalue weighted by Crippen LogP contribution is -2.41. The number of rotatable bonds is 2. The Hall–Kier alpha value is -1.96. The minimum Gasteiger partial charge on any atom is -0.339 e. The van der Waals surface area contributed by atoms with Crippen molar-refractivity contribution < 1.29 is 4.79 Å². The fraction of sp³-hybridized carbons (Fsp3) is 0.350. The number of piperidine rings is 1. The maximum absolute atomic E-state index is 12.7. The average molecular weight is 460 g/mol. The number of imidazole rings is 1. The molecule has 1 amide bonds. The van der Waals surface area contributed by atoms with Gasteiger partial charge in [0.2, 0.25) is 0 Å². The Morgan fingerprint density at radius 3 is 2.46 bits per heavy atom. The zero-order valence-corrected chi connectivity index (χ0v) is 17.1.